The number of nitrogens with zero attached hydrogens (tertiary/aromatic N) is 2. The number of ether oxygens (including phenoxy) is 1. The van der Waals surface area contributed by atoms with Gasteiger partial charge in [0.1, 0.15) is 11.4 Å². The average Bonchev–Trinajstić information content (AvgIpc) is 2.83. The van der Waals surface area contributed by atoms with Crippen LogP contribution in [0.1, 0.15) is 24.3 Å². The molecule has 0 bridgehead atoms. The maximum atomic E-state index is 11.4. The molecule has 0 atom stereocenters. The summed E-state index contributed by atoms with van der Waals surface area (Å²) in [5.74, 6) is 0.796. The summed E-state index contributed by atoms with van der Waals surface area (Å²) in [5, 5.41) is 4.28. The summed E-state index contributed by atoms with van der Waals surface area (Å²) in [6, 6.07) is 9.55. The highest BCUT2D eigenvalue weighted by Gasteiger charge is 2.11. The van der Waals surface area contributed by atoms with Crippen molar-refractivity contribution in [3.05, 3.63) is 36.0 Å². The van der Waals surface area contributed by atoms with E-state index >= 15 is 0 Å². The molecule has 0 aliphatic rings. The smallest absolute Gasteiger partial charge is 0.180 e. The Morgan fingerprint density at radius 1 is 1.33 bits per heavy atom. The van der Waals surface area contributed by atoms with E-state index in [0.717, 1.165) is 23.6 Å². The van der Waals surface area contributed by atoms with Crippen molar-refractivity contribution in [2.24, 2.45) is 0 Å². The SMILES string of the molecule is CCn1nc(C(C)=O)cc1-c1ccc(OC)cc1. The number of benzene rings is 1. The van der Waals surface area contributed by atoms with Crippen LogP contribution in [-0.4, -0.2) is 22.7 Å². The van der Waals surface area contributed by atoms with E-state index in [1.165, 1.54) is 6.92 Å². The molecular weight excluding hydrogens is 228 g/mol. The van der Waals surface area contributed by atoms with E-state index in [0.29, 0.717) is 5.69 Å². The second-order valence-corrected chi connectivity index (χ2v) is 4.02. The molecule has 4 nitrogen and oxygen atoms in total. The first kappa shape index (κ1) is 12.4. The first-order valence-corrected chi connectivity index (χ1v) is 5.89. The maximum Gasteiger partial charge on any atom is 0.180 e. The number of ketones is 1. The zero-order valence-corrected chi connectivity index (χ0v) is 10.8. The molecule has 0 saturated heterocycles. The minimum absolute atomic E-state index is 0.0167. The average molecular weight is 244 g/mol. The van der Waals surface area contributed by atoms with Crippen LogP contribution in [0.3, 0.4) is 0 Å². The predicted molar refractivity (Wildman–Crippen MR) is 69.9 cm³/mol. The van der Waals surface area contributed by atoms with E-state index in [1.54, 1.807) is 7.11 Å². The van der Waals surface area contributed by atoms with E-state index in [9.17, 15) is 4.79 Å². The van der Waals surface area contributed by atoms with Crippen LogP contribution < -0.4 is 4.74 Å². The first-order chi connectivity index (χ1) is 8.65. The summed E-state index contributed by atoms with van der Waals surface area (Å²) in [5.41, 5.74) is 2.48. The van der Waals surface area contributed by atoms with Crippen molar-refractivity contribution in [2.45, 2.75) is 20.4 Å². The summed E-state index contributed by atoms with van der Waals surface area (Å²) < 4.78 is 6.96. The topological polar surface area (TPSA) is 44.1 Å². The number of aryl methyl sites for hydroxylation is 1. The van der Waals surface area contributed by atoms with Crippen LogP contribution in [0, 0.1) is 0 Å². The molecule has 4 heteroatoms. The van der Waals surface area contributed by atoms with Crippen LogP contribution in [0.15, 0.2) is 30.3 Å². The number of rotatable bonds is 4. The highest BCUT2D eigenvalue weighted by atomic mass is 16.5. The molecule has 1 aromatic carbocycles. The van der Waals surface area contributed by atoms with E-state index < -0.39 is 0 Å². The van der Waals surface area contributed by atoms with E-state index in [1.807, 2.05) is 41.9 Å². The number of methoxy groups -OCH3 is 1. The lowest BCUT2D eigenvalue weighted by atomic mass is 10.1. The molecule has 0 aliphatic carbocycles. The largest absolute Gasteiger partial charge is 0.497 e. The molecule has 0 aliphatic heterocycles. The van der Waals surface area contributed by atoms with Crippen LogP contribution in [0.2, 0.25) is 0 Å². The van der Waals surface area contributed by atoms with Crippen molar-refractivity contribution in [3.63, 3.8) is 0 Å². The molecule has 2 aromatic rings. The summed E-state index contributed by atoms with van der Waals surface area (Å²) in [4.78, 5) is 11.4. The van der Waals surface area contributed by atoms with E-state index in [4.69, 9.17) is 4.74 Å². The van der Waals surface area contributed by atoms with Gasteiger partial charge in [-0.2, -0.15) is 5.10 Å². The minimum atomic E-state index is -0.0167. The van der Waals surface area contributed by atoms with Gasteiger partial charge in [-0.1, -0.05) is 0 Å². The molecular formula is C14H16N2O2. The Morgan fingerprint density at radius 2 is 2.00 bits per heavy atom. The fourth-order valence-electron chi connectivity index (χ4n) is 1.82. The monoisotopic (exact) mass is 244 g/mol. The second kappa shape index (κ2) is 5.04. The lowest BCUT2D eigenvalue weighted by Crippen LogP contribution is -2.01. The zero-order chi connectivity index (χ0) is 13.1. The van der Waals surface area contributed by atoms with E-state index in [-0.39, 0.29) is 5.78 Å². The summed E-state index contributed by atoms with van der Waals surface area (Å²) in [7, 11) is 1.64. The Balaban J connectivity index is 2.44. The third kappa shape index (κ3) is 2.27. The van der Waals surface area contributed by atoms with Gasteiger partial charge in [0.05, 0.1) is 12.8 Å². The van der Waals surface area contributed by atoms with Crippen molar-refractivity contribution in [1.29, 1.82) is 0 Å². The molecule has 0 radical (unpaired) electrons. The van der Waals surface area contributed by atoms with Gasteiger partial charge < -0.3 is 4.74 Å². The predicted octanol–water partition coefficient (Wildman–Crippen LogP) is 2.78. The Morgan fingerprint density at radius 3 is 2.50 bits per heavy atom. The normalized spacial score (nSPS) is 10.4. The van der Waals surface area contributed by atoms with Crippen molar-refractivity contribution >= 4 is 5.78 Å². The Labute approximate surface area is 106 Å². The van der Waals surface area contributed by atoms with Crippen molar-refractivity contribution in [1.82, 2.24) is 9.78 Å². The fraction of sp³-hybridized carbons (Fsp3) is 0.286. The van der Waals surface area contributed by atoms with Gasteiger partial charge in [0.2, 0.25) is 0 Å². The highest BCUT2D eigenvalue weighted by Crippen LogP contribution is 2.23. The van der Waals surface area contributed by atoms with Crippen LogP contribution in [-0.2, 0) is 6.54 Å². The summed E-state index contributed by atoms with van der Waals surface area (Å²) in [6.45, 7) is 4.26. The number of hydrogen-bond acceptors (Lipinski definition) is 3. The van der Waals surface area contributed by atoms with Gasteiger partial charge >= 0.3 is 0 Å². The molecule has 0 unspecified atom stereocenters. The molecule has 2 rings (SSSR count). The molecule has 0 saturated carbocycles. The fourth-order valence-corrected chi connectivity index (χ4v) is 1.82. The third-order valence-corrected chi connectivity index (χ3v) is 2.83. The third-order valence-electron chi connectivity index (χ3n) is 2.83. The number of carbonyl (C=O) groups excluding carboxylic acids is 1. The van der Waals surface area contributed by atoms with Gasteiger partial charge in [-0.15, -0.1) is 0 Å². The Bertz CT molecular complexity index is 556. The standard InChI is InChI=1S/C14H16N2O2/c1-4-16-14(9-13(15-16)10(2)17)11-5-7-12(18-3)8-6-11/h5-9H,4H2,1-3H3. The highest BCUT2D eigenvalue weighted by molar-refractivity contribution is 5.93. The molecule has 0 spiro atoms. The number of hydrogen-bond donors (Lipinski definition) is 0. The van der Waals surface area contributed by atoms with Gasteiger partial charge in [0.15, 0.2) is 5.78 Å². The zero-order valence-electron chi connectivity index (χ0n) is 10.8. The molecule has 18 heavy (non-hydrogen) atoms. The number of aromatic nitrogens is 2. The van der Waals surface area contributed by atoms with Gasteiger partial charge in [0.25, 0.3) is 0 Å². The van der Waals surface area contributed by atoms with E-state index in [2.05, 4.69) is 5.10 Å². The number of Topliss-reactive ketones (excluding diaryl/α,β-unsaturated/α-hetero) is 1. The molecule has 0 N–H and O–H groups in total. The quantitative estimate of drug-likeness (QED) is 0.777. The van der Waals surface area contributed by atoms with Gasteiger partial charge in [0, 0.05) is 19.0 Å². The summed E-state index contributed by atoms with van der Waals surface area (Å²) in [6.07, 6.45) is 0. The van der Waals surface area contributed by atoms with Crippen LogP contribution in [0.25, 0.3) is 11.3 Å². The summed E-state index contributed by atoms with van der Waals surface area (Å²) >= 11 is 0. The van der Waals surface area contributed by atoms with Crippen LogP contribution in [0.5, 0.6) is 5.75 Å². The minimum Gasteiger partial charge on any atom is -0.497 e. The van der Waals surface area contributed by atoms with Gasteiger partial charge in [-0.05, 0) is 37.3 Å². The van der Waals surface area contributed by atoms with Crippen LogP contribution >= 0.6 is 0 Å². The lowest BCUT2D eigenvalue weighted by Gasteiger charge is -2.05. The Kier molecular flexibility index (Phi) is 3.46. The van der Waals surface area contributed by atoms with Crippen molar-refractivity contribution in [3.8, 4) is 17.0 Å². The molecule has 94 valence electrons. The maximum absolute atomic E-state index is 11.4. The van der Waals surface area contributed by atoms with Crippen molar-refractivity contribution < 1.29 is 9.53 Å². The van der Waals surface area contributed by atoms with Crippen LogP contribution in [0.4, 0.5) is 0 Å². The molecule has 0 amide bonds. The van der Waals surface area contributed by atoms with Gasteiger partial charge in [-0.25, -0.2) is 0 Å². The second-order valence-electron chi connectivity index (χ2n) is 4.02. The molecule has 0 fully saturated rings. The van der Waals surface area contributed by atoms with Gasteiger partial charge in [-0.3, -0.25) is 9.48 Å². The van der Waals surface area contributed by atoms with Crippen molar-refractivity contribution in [2.75, 3.05) is 7.11 Å². The molecule has 1 heterocycles. The Hall–Kier alpha value is -2.10. The number of carbonyl (C=O) groups is 1. The molecule has 1 aromatic heterocycles. The first-order valence-electron chi connectivity index (χ1n) is 5.89. The lowest BCUT2D eigenvalue weighted by molar-refractivity contribution is 0.101.